The van der Waals surface area contributed by atoms with Gasteiger partial charge < -0.3 is 20.9 Å². The zero-order valence-electron chi connectivity index (χ0n) is 18.3. The molecule has 12 heteroatoms. The number of nitrogens with one attached hydrogen (secondary N) is 1. The molecule has 1 aromatic carbocycles. The van der Waals surface area contributed by atoms with E-state index >= 15 is 0 Å². The van der Waals surface area contributed by atoms with Crippen LogP contribution in [0.4, 0.5) is 18.9 Å². The van der Waals surface area contributed by atoms with Crippen molar-refractivity contribution in [3.63, 3.8) is 0 Å². The van der Waals surface area contributed by atoms with Crippen LogP contribution in [0.25, 0.3) is 10.6 Å². The number of aryl methyl sites for hydroxylation is 1. The quantitative estimate of drug-likeness (QED) is 0.484. The van der Waals surface area contributed by atoms with E-state index in [0.29, 0.717) is 24.2 Å². The number of halogens is 3. The fourth-order valence-electron chi connectivity index (χ4n) is 3.84. The number of carbonyl (C=O) groups excluding carboxylic acids is 1. The molecule has 3 aromatic rings. The normalized spacial score (nSPS) is 20.8. The van der Waals surface area contributed by atoms with Gasteiger partial charge in [0, 0.05) is 30.6 Å². The fourth-order valence-corrected chi connectivity index (χ4v) is 4.66. The van der Waals surface area contributed by atoms with Crippen molar-refractivity contribution in [1.82, 2.24) is 14.8 Å². The first kappa shape index (κ1) is 24.3. The third-order valence-electron chi connectivity index (χ3n) is 5.73. The number of anilines is 1. The number of aromatic nitrogens is 3. The van der Waals surface area contributed by atoms with Crippen molar-refractivity contribution in [3.8, 4) is 10.6 Å². The van der Waals surface area contributed by atoms with Crippen LogP contribution in [0.5, 0.6) is 0 Å². The van der Waals surface area contributed by atoms with Gasteiger partial charge in [0.2, 0.25) is 0 Å². The molecule has 0 aliphatic carbocycles. The molecule has 1 amide bonds. The van der Waals surface area contributed by atoms with Gasteiger partial charge in [0.05, 0.1) is 24.2 Å². The molecule has 0 bridgehead atoms. The van der Waals surface area contributed by atoms with Crippen LogP contribution in [0.15, 0.2) is 23.7 Å². The van der Waals surface area contributed by atoms with E-state index in [2.05, 4.69) is 15.4 Å². The summed E-state index contributed by atoms with van der Waals surface area (Å²) in [7, 11) is 1.69. The number of ether oxygens (including phenoxy) is 1. The van der Waals surface area contributed by atoms with Gasteiger partial charge in [-0.25, -0.2) is 18.2 Å². The highest BCUT2D eigenvalue weighted by atomic mass is 32.1. The lowest BCUT2D eigenvalue weighted by Crippen LogP contribution is -2.32. The Morgan fingerprint density at radius 3 is 2.91 bits per heavy atom. The predicted molar refractivity (Wildman–Crippen MR) is 120 cm³/mol. The second-order valence-electron chi connectivity index (χ2n) is 8.01. The van der Waals surface area contributed by atoms with Crippen LogP contribution in [0.1, 0.15) is 40.7 Å². The van der Waals surface area contributed by atoms with Crippen molar-refractivity contribution >= 4 is 22.9 Å². The molecule has 0 radical (unpaired) electrons. The maximum atomic E-state index is 14.5. The molecule has 1 aliphatic rings. The Bertz CT molecular complexity index is 1170. The number of rotatable bonds is 6. The number of thiazole rings is 1. The van der Waals surface area contributed by atoms with E-state index in [0.717, 1.165) is 11.3 Å². The summed E-state index contributed by atoms with van der Waals surface area (Å²) in [4.78, 5) is 17.0. The van der Waals surface area contributed by atoms with Crippen LogP contribution in [0.2, 0.25) is 0 Å². The molecular weight excluding hydrogens is 471 g/mol. The summed E-state index contributed by atoms with van der Waals surface area (Å²) >= 11 is 0.995. The average molecular weight is 496 g/mol. The van der Waals surface area contributed by atoms with Gasteiger partial charge in [-0.1, -0.05) is 6.07 Å². The van der Waals surface area contributed by atoms with Crippen molar-refractivity contribution < 1.29 is 27.8 Å². The highest BCUT2D eigenvalue weighted by Gasteiger charge is 2.30. The molecular formula is C22H24F3N5O3S. The molecule has 34 heavy (non-hydrogen) atoms. The van der Waals surface area contributed by atoms with Crippen LogP contribution in [-0.2, 0) is 18.2 Å². The van der Waals surface area contributed by atoms with Gasteiger partial charge in [-0.2, -0.15) is 5.10 Å². The molecule has 1 aliphatic heterocycles. The van der Waals surface area contributed by atoms with Gasteiger partial charge in [0.1, 0.15) is 23.0 Å². The van der Waals surface area contributed by atoms with Gasteiger partial charge in [-0.05, 0) is 30.9 Å². The van der Waals surface area contributed by atoms with Gasteiger partial charge in [-0.15, -0.1) is 11.3 Å². The highest BCUT2D eigenvalue weighted by molar-refractivity contribution is 7.13. The first-order chi connectivity index (χ1) is 16.3. The number of hydrogen-bond donors (Lipinski definition) is 3. The van der Waals surface area contributed by atoms with Crippen LogP contribution < -0.4 is 11.1 Å². The molecule has 4 rings (SSSR count). The van der Waals surface area contributed by atoms with E-state index in [9.17, 15) is 18.0 Å². The molecule has 8 nitrogen and oxygen atoms in total. The van der Waals surface area contributed by atoms with Gasteiger partial charge >= 0.3 is 0 Å². The Balaban J connectivity index is 1.53. The zero-order valence-corrected chi connectivity index (χ0v) is 19.1. The van der Waals surface area contributed by atoms with Crippen molar-refractivity contribution in [2.75, 3.05) is 18.5 Å². The fraction of sp³-hybridized carbons (Fsp3) is 0.409. The van der Waals surface area contributed by atoms with E-state index in [1.807, 2.05) is 0 Å². The van der Waals surface area contributed by atoms with E-state index in [1.54, 1.807) is 11.7 Å². The molecule has 0 saturated carbocycles. The monoisotopic (exact) mass is 495 g/mol. The van der Waals surface area contributed by atoms with E-state index in [4.69, 9.17) is 15.6 Å². The second kappa shape index (κ2) is 10.2. The Hall–Kier alpha value is -2.80. The van der Waals surface area contributed by atoms with Crippen LogP contribution in [0, 0.1) is 11.6 Å². The van der Waals surface area contributed by atoms with Gasteiger partial charge in [0.15, 0.2) is 11.6 Å². The minimum absolute atomic E-state index is 0.00929. The van der Waals surface area contributed by atoms with Gasteiger partial charge in [0.25, 0.3) is 5.91 Å². The summed E-state index contributed by atoms with van der Waals surface area (Å²) in [6.45, 7) is -0.459. The zero-order chi connectivity index (χ0) is 24.4. The number of carbonyl (C=O) groups is 1. The number of amides is 1. The number of aliphatic hydroxyl groups is 1. The number of nitrogens with two attached hydrogens (primary N) is 1. The minimum atomic E-state index is -1.27. The highest BCUT2D eigenvalue weighted by Crippen LogP contribution is 2.33. The lowest BCUT2D eigenvalue weighted by atomic mass is 10.0. The lowest BCUT2D eigenvalue weighted by molar-refractivity contribution is 0.0247. The summed E-state index contributed by atoms with van der Waals surface area (Å²) in [5.41, 5.74) is 6.75. The molecule has 4 N–H and O–H groups in total. The number of benzene rings is 1. The standard InChI is InChI=1S/C22H24F3N5O3S/c1-30-20(17-5-4-14(26)13(23)9-33-17)15(8-27-30)28-21(32)16-10-34-22(29-16)12-3-2-11(6-7-31)18(24)19(12)25/h2-3,8,10,13-14,17,31H,4-7,9,26H2,1H3,(H,28,32)/t13-,14-,17+/m1/s1. The van der Waals surface area contributed by atoms with Crippen LogP contribution >= 0.6 is 11.3 Å². The SMILES string of the molecule is Cn1ncc(NC(=O)c2csc(-c3ccc(CCO)c(F)c3F)n2)c1[C@@H]1CC[C@@H](N)[C@H](F)CO1. The lowest BCUT2D eigenvalue weighted by Gasteiger charge is -2.17. The Morgan fingerprint density at radius 1 is 1.35 bits per heavy atom. The largest absolute Gasteiger partial charge is 0.396 e. The van der Waals surface area contributed by atoms with E-state index in [-0.39, 0.29) is 41.5 Å². The first-order valence-electron chi connectivity index (χ1n) is 10.7. The topological polar surface area (TPSA) is 115 Å². The van der Waals surface area contributed by atoms with E-state index < -0.39 is 35.9 Å². The maximum Gasteiger partial charge on any atom is 0.275 e. The summed E-state index contributed by atoms with van der Waals surface area (Å²) < 4.78 is 49.9. The van der Waals surface area contributed by atoms with Crippen LogP contribution in [-0.4, -0.2) is 51.2 Å². The van der Waals surface area contributed by atoms with Crippen molar-refractivity contribution in [1.29, 1.82) is 0 Å². The molecule has 1 saturated heterocycles. The maximum absolute atomic E-state index is 14.5. The summed E-state index contributed by atoms with van der Waals surface area (Å²) in [6, 6.07) is 2.14. The summed E-state index contributed by atoms with van der Waals surface area (Å²) in [5.74, 6) is -2.70. The number of alkyl halides is 1. The van der Waals surface area contributed by atoms with Gasteiger partial charge in [-0.3, -0.25) is 9.48 Å². The number of hydrogen-bond acceptors (Lipinski definition) is 7. The Morgan fingerprint density at radius 2 is 2.15 bits per heavy atom. The average Bonchev–Trinajstić information content (AvgIpc) is 3.40. The van der Waals surface area contributed by atoms with Crippen molar-refractivity contribution in [2.24, 2.45) is 12.8 Å². The van der Waals surface area contributed by atoms with Crippen molar-refractivity contribution in [3.05, 3.63) is 52.3 Å². The Labute approximate surface area is 197 Å². The number of aliphatic hydroxyl groups excluding tert-OH is 1. The molecule has 3 heterocycles. The second-order valence-corrected chi connectivity index (χ2v) is 8.87. The van der Waals surface area contributed by atoms with Crippen molar-refractivity contribution in [2.45, 2.75) is 37.6 Å². The molecule has 0 unspecified atom stereocenters. The summed E-state index contributed by atoms with van der Waals surface area (Å²) in [6.07, 6.45) is 0.546. The number of nitrogens with zero attached hydrogens (tertiary/aromatic N) is 3. The first-order valence-corrected chi connectivity index (χ1v) is 11.6. The predicted octanol–water partition coefficient (Wildman–Crippen LogP) is 3.13. The molecule has 2 aromatic heterocycles. The molecule has 1 fully saturated rings. The smallest absolute Gasteiger partial charge is 0.275 e. The molecule has 182 valence electrons. The molecule has 0 spiro atoms. The van der Waals surface area contributed by atoms with E-state index in [1.165, 1.54) is 23.7 Å². The van der Waals surface area contributed by atoms with Crippen LogP contribution in [0.3, 0.4) is 0 Å². The summed E-state index contributed by atoms with van der Waals surface area (Å²) in [5, 5.41) is 17.4. The Kier molecular flexibility index (Phi) is 7.31. The third kappa shape index (κ3) is 4.85. The minimum Gasteiger partial charge on any atom is -0.396 e. The third-order valence-corrected chi connectivity index (χ3v) is 6.61. The molecule has 3 atom stereocenters.